The number of ether oxygens (including phenoxy) is 2. The molecule has 9 heteroatoms. The van der Waals surface area contributed by atoms with E-state index < -0.39 is 17.5 Å². The highest BCUT2D eigenvalue weighted by atomic mass is 35.5. The second kappa shape index (κ2) is 11.9. The number of halogens is 3. The fourth-order valence-electron chi connectivity index (χ4n) is 4.66. The van der Waals surface area contributed by atoms with Crippen molar-refractivity contribution < 1.29 is 23.0 Å². The highest BCUT2D eigenvalue weighted by Crippen LogP contribution is 2.45. The van der Waals surface area contributed by atoms with E-state index in [-0.39, 0.29) is 16.6 Å². The van der Waals surface area contributed by atoms with Crippen LogP contribution in [0.1, 0.15) is 59.1 Å². The Morgan fingerprint density at radius 3 is 2.54 bits per heavy atom. The van der Waals surface area contributed by atoms with Crippen LogP contribution in [0.15, 0.2) is 30.3 Å². The van der Waals surface area contributed by atoms with Gasteiger partial charge < -0.3 is 9.47 Å². The number of carbonyl (C=O) groups excluding carboxylic acids is 1. The Morgan fingerprint density at radius 2 is 1.91 bits per heavy atom. The van der Waals surface area contributed by atoms with Crippen LogP contribution >= 0.6 is 23.5 Å². The SMILES string of the molecule is COCC(c1ccc(F)c(Cl)c1)N1CCC(COc2cc(F)c(C(=O)NSC)cc2C2CC2)CC1. The second-order valence-electron chi connectivity index (χ2n) is 9.21. The molecule has 5 nitrogen and oxygen atoms in total. The number of benzene rings is 2. The maximum atomic E-state index is 14.7. The van der Waals surface area contributed by atoms with E-state index in [1.165, 1.54) is 12.1 Å². The smallest absolute Gasteiger partial charge is 0.264 e. The molecule has 0 aromatic heterocycles. The zero-order valence-corrected chi connectivity index (χ0v) is 21.6. The van der Waals surface area contributed by atoms with Crippen LogP contribution in [0.2, 0.25) is 5.02 Å². The number of nitrogens with one attached hydrogen (secondary N) is 1. The summed E-state index contributed by atoms with van der Waals surface area (Å²) in [4.78, 5) is 14.5. The van der Waals surface area contributed by atoms with Crippen molar-refractivity contribution in [1.82, 2.24) is 9.62 Å². The van der Waals surface area contributed by atoms with Crippen LogP contribution in [0.3, 0.4) is 0 Å². The Kier molecular flexibility index (Phi) is 8.92. The largest absolute Gasteiger partial charge is 0.493 e. The number of rotatable bonds is 10. The molecular weight excluding hydrogens is 494 g/mol. The molecule has 4 rings (SSSR count). The average molecular weight is 525 g/mol. The van der Waals surface area contributed by atoms with Gasteiger partial charge in [0.25, 0.3) is 5.91 Å². The molecule has 1 heterocycles. The quantitative estimate of drug-likeness (QED) is 0.387. The summed E-state index contributed by atoms with van der Waals surface area (Å²) in [6.45, 7) is 2.67. The normalized spacial score (nSPS) is 17.9. The Morgan fingerprint density at radius 1 is 1.17 bits per heavy atom. The maximum Gasteiger partial charge on any atom is 0.264 e. The molecule has 1 saturated carbocycles. The summed E-state index contributed by atoms with van der Waals surface area (Å²) in [5, 5.41) is 0.113. The third-order valence-electron chi connectivity index (χ3n) is 6.77. The first-order chi connectivity index (χ1) is 16.9. The number of likely N-dealkylation sites (tertiary alicyclic amines) is 1. The minimum atomic E-state index is -0.564. The predicted octanol–water partition coefficient (Wildman–Crippen LogP) is 5.98. The molecule has 1 atom stereocenters. The second-order valence-corrected chi connectivity index (χ2v) is 10.2. The Labute approximate surface area is 214 Å². The summed E-state index contributed by atoms with van der Waals surface area (Å²) in [5.41, 5.74) is 1.92. The molecular formula is C26H31ClF2N2O3S. The summed E-state index contributed by atoms with van der Waals surface area (Å²) in [6.07, 6.45) is 5.62. The van der Waals surface area contributed by atoms with Crippen molar-refractivity contribution >= 4 is 29.5 Å². The zero-order valence-electron chi connectivity index (χ0n) is 20.0. The maximum absolute atomic E-state index is 14.7. The van der Waals surface area contributed by atoms with Crippen molar-refractivity contribution in [2.45, 2.75) is 37.6 Å². The van der Waals surface area contributed by atoms with Crippen LogP contribution in [-0.4, -0.2) is 50.5 Å². The van der Waals surface area contributed by atoms with Gasteiger partial charge in [0.1, 0.15) is 17.4 Å². The summed E-state index contributed by atoms with van der Waals surface area (Å²) in [6, 6.07) is 7.85. The van der Waals surface area contributed by atoms with Crippen molar-refractivity contribution in [2.24, 2.45) is 5.92 Å². The molecule has 1 aliphatic carbocycles. The van der Waals surface area contributed by atoms with E-state index in [1.54, 1.807) is 31.6 Å². The third-order valence-corrected chi connectivity index (χ3v) is 7.45. The lowest BCUT2D eigenvalue weighted by Gasteiger charge is -2.37. The van der Waals surface area contributed by atoms with Crippen molar-refractivity contribution in [3.8, 4) is 5.75 Å². The van der Waals surface area contributed by atoms with Gasteiger partial charge in [-0.1, -0.05) is 29.6 Å². The van der Waals surface area contributed by atoms with Gasteiger partial charge >= 0.3 is 0 Å². The molecule has 1 unspecified atom stereocenters. The fourth-order valence-corrected chi connectivity index (χ4v) is 5.15. The Hall–Kier alpha value is -1.87. The zero-order chi connectivity index (χ0) is 24.9. The summed E-state index contributed by atoms with van der Waals surface area (Å²) in [7, 11) is 1.66. The number of piperidine rings is 1. The van der Waals surface area contributed by atoms with Gasteiger partial charge in [-0.05, 0) is 79.9 Å². The van der Waals surface area contributed by atoms with Gasteiger partial charge in [0, 0.05) is 19.4 Å². The molecule has 1 aliphatic heterocycles. The molecule has 1 amide bonds. The molecule has 2 aliphatic rings. The number of hydrogen-bond donors (Lipinski definition) is 1. The Balaban J connectivity index is 1.38. The van der Waals surface area contributed by atoms with Crippen LogP contribution in [0.5, 0.6) is 5.75 Å². The first-order valence-electron chi connectivity index (χ1n) is 11.9. The molecule has 35 heavy (non-hydrogen) atoms. The van der Waals surface area contributed by atoms with E-state index in [0.29, 0.717) is 30.8 Å². The van der Waals surface area contributed by atoms with E-state index in [0.717, 1.165) is 61.8 Å². The monoisotopic (exact) mass is 524 g/mol. The number of methoxy groups -OCH3 is 1. The van der Waals surface area contributed by atoms with E-state index in [1.807, 2.05) is 0 Å². The molecule has 2 aromatic rings. The number of carbonyl (C=O) groups is 1. The molecule has 190 valence electrons. The predicted molar refractivity (Wildman–Crippen MR) is 135 cm³/mol. The highest BCUT2D eigenvalue weighted by Gasteiger charge is 2.31. The molecule has 1 N–H and O–H groups in total. The number of amides is 1. The molecule has 1 saturated heterocycles. The number of nitrogens with zero attached hydrogens (tertiary/aromatic N) is 1. The van der Waals surface area contributed by atoms with Crippen molar-refractivity contribution in [3.05, 3.63) is 63.7 Å². The van der Waals surface area contributed by atoms with E-state index >= 15 is 0 Å². The lowest BCUT2D eigenvalue weighted by atomic mass is 9.95. The lowest BCUT2D eigenvalue weighted by molar-refractivity contribution is 0.0556. The molecule has 0 spiro atoms. The van der Waals surface area contributed by atoms with Crippen molar-refractivity contribution in [3.63, 3.8) is 0 Å². The van der Waals surface area contributed by atoms with Crippen molar-refractivity contribution in [2.75, 3.05) is 39.7 Å². The molecule has 2 fully saturated rings. The van der Waals surface area contributed by atoms with Gasteiger partial charge in [0.2, 0.25) is 0 Å². The highest BCUT2D eigenvalue weighted by molar-refractivity contribution is 7.97. The third kappa shape index (κ3) is 6.47. The van der Waals surface area contributed by atoms with Gasteiger partial charge in [-0.15, -0.1) is 0 Å². The van der Waals surface area contributed by atoms with Crippen LogP contribution in [0, 0.1) is 17.6 Å². The van der Waals surface area contributed by atoms with E-state index in [2.05, 4.69) is 9.62 Å². The molecule has 0 bridgehead atoms. The van der Waals surface area contributed by atoms with Crippen LogP contribution in [0.25, 0.3) is 0 Å². The van der Waals surface area contributed by atoms with Crippen molar-refractivity contribution in [1.29, 1.82) is 0 Å². The topological polar surface area (TPSA) is 50.8 Å². The summed E-state index contributed by atoms with van der Waals surface area (Å²) >= 11 is 7.16. The minimum Gasteiger partial charge on any atom is -0.493 e. The first kappa shape index (κ1) is 26.2. The molecule has 2 aromatic carbocycles. The van der Waals surface area contributed by atoms with E-state index in [4.69, 9.17) is 21.1 Å². The number of hydrogen-bond acceptors (Lipinski definition) is 5. The van der Waals surface area contributed by atoms with Gasteiger partial charge in [-0.25, -0.2) is 8.78 Å². The van der Waals surface area contributed by atoms with Gasteiger partial charge in [0.15, 0.2) is 0 Å². The minimum absolute atomic E-state index is 0.00416. The van der Waals surface area contributed by atoms with Gasteiger partial charge in [-0.3, -0.25) is 14.4 Å². The van der Waals surface area contributed by atoms with Crippen LogP contribution in [-0.2, 0) is 4.74 Å². The summed E-state index contributed by atoms with van der Waals surface area (Å²) in [5.74, 6) is -0.213. The first-order valence-corrected chi connectivity index (χ1v) is 13.5. The Bertz CT molecular complexity index is 1050. The van der Waals surface area contributed by atoms with E-state index in [9.17, 15) is 13.6 Å². The van der Waals surface area contributed by atoms with Crippen LogP contribution in [0.4, 0.5) is 8.78 Å². The fraction of sp³-hybridized carbons (Fsp3) is 0.500. The summed E-state index contributed by atoms with van der Waals surface area (Å²) < 4.78 is 42.5. The standard InChI is InChI=1S/C26H31ClF2N2O3S/c1-33-15-24(18-5-6-22(28)21(27)11-18)31-9-7-16(8-10-31)14-34-25-13-23(29)20(26(32)30-35-2)12-19(25)17-3-4-17/h5-6,11-13,16-17,24H,3-4,7-10,14-15H2,1-2H3,(H,30,32). The van der Waals surface area contributed by atoms with Gasteiger partial charge in [-0.2, -0.15) is 0 Å². The lowest BCUT2D eigenvalue weighted by Crippen LogP contribution is -2.39. The molecule has 0 radical (unpaired) electrons. The van der Waals surface area contributed by atoms with Gasteiger partial charge in [0.05, 0.1) is 29.8 Å². The van der Waals surface area contributed by atoms with Crippen LogP contribution < -0.4 is 9.46 Å². The average Bonchev–Trinajstić information content (AvgIpc) is 3.69.